The second-order valence-electron chi connectivity index (χ2n) is 1.90. The molecule has 0 spiro atoms. The highest BCUT2D eigenvalue weighted by Crippen LogP contribution is 2.22. The predicted octanol–water partition coefficient (Wildman–Crippen LogP) is 0.0563. The maximum absolute atomic E-state index is 8.59. The second-order valence-corrected chi connectivity index (χ2v) is 3.63. The Balaban J connectivity index is 3.58. The van der Waals surface area contributed by atoms with Crippen LogP contribution in [0.15, 0.2) is 0 Å². The molecule has 1 N–H and O–H groups in total. The summed E-state index contributed by atoms with van der Waals surface area (Å²) >= 11 is 5.75. The van der Waals surface area contributed by atoms with Crippen molar-refractivity contribution in [1.29, 1.82) is 0 Å². The van der Waals surface area contributed by atoms with Crippen LogP contribution in [0.5, 0.6) is 0 Å². The van der Waals surface area contributed by atoms with Gasteiger partial charge in [-0.1, -0.05) is 11.6 Å². The van der Waals surface area contributed by atoms with E-state index in [4.69, 9.17) is 25.9 Å². The third kappa shape index (κ3) is 3.53. The summed E-state index contributed by atoms with van der Waals surface area (Å²) in [4.78, 5) is 8.59. The van der Waals surface area contributed by atoms with Crippen molar-refractivity contribution in [3.8, 4) is 0 Å². The molecule has 0 amide bonds. The zero-order chi connectivity index (χ0) is 8.04. The Hall–Kier alpha value is 0.387. The number of hydrogen-bond donors (Lipinski definition) is 1. The Morgan fingerprint density at radius 1 is 1.50 bits per heavy atom. The van der Waals surface area contributed by atoms with E-state index < -0.39 is 15.0 Å². The van der Waals surface area contributed by atoms with Crippen LogP contribution in [0.1, 0.15) is 6.42 Å². The highest BCUT2D eigenvalue weighted by molar-refractivity contribution is 6.26. The van der Waals surface area contributed by atoms with Gasteiger partial charge in [-0.2, -0.15) is 0 Å². The molecule has 0 bridgehead atoms. The summed E-state index contributed by atoms with van der Waals surface area (Å²) in [6.45, 7) is 0. The first kappa shape index (κ1) is 10.4. The van der Waals surface area contributed by atoms with Crippen molar-refractivity contribution in [2.24, 2.45) is 0 Å². The molecule has 0 aliphatic heterocycles. The third-order valence-corrected chi connectivity index (χ3v) is 2.41. The Morgan fingerprint density at radius 2 is 2.00 bits per heavy atom. The van der Waals surface area contributed by atoms with Crippen molar-refractivity contribution < 1.29 is 14.3 Å². The van der Waals surface area contributed by atoms with Gasteiger partial charge in [0.25, 0.3) is 0 Å². The molecule has 0 radical (unpaired) electrons. The first-order chi connectivity index (χ1) is 4.68. The summed E-state index contributed by atoms with van der Waals surface area (Å²) in [6.07, 6.45) is 0.546. The molecular weight excluding hydrogens is 172 g/mol. The van der Waals surface area contributed by atoms with Crippen LogP contribution in [-0.2, 0) is 9.47 Å². The minimum Gasteiger partial charge on any atom is -0.438 e. The van der Waals surface area contributed by atoms with E-state index in [1.807, 2.05) is 0 Å². The fraction of sp³-hybridized carbons (Fsp3) is 1.00. The average Bonchev–Trinajstić information content (AvgIpc) is 2.00. The lowest BCUT2D eigenvalue weighted by molar-refractivity contribution is -0.142. The lowest BCUT2D eigenvalue weighted by Gasteiger charge is -2.22. The average molecular weight is 185 g/mol. The van der Waals surface area contributed by atoms with E-state index in [0.29, 0.717) is 12.5 Å². The molecule has 0 unspecified atom stereocenters. The molecule has 0 rings (SSSR count). The third-order valence-electron chi connectivity index (χ3n) is 1.24. The summed E-state index contributed by atoms with van der Waals surface area (Å²) in [6, 6.07) is 0.713. The minimum absolute atomic E-state index is 0.546. The van der Waals surface area contributed by atoms with E-state index in [1.165, 1.54) is 14.2 Å². The van der Waals surface area contributed by atoms with Gasteiger partial charge < -0.3 is 14.3 Å². The van der Waals surface area contributed by atoms with Gasteiger partial charge in [0.2, 0.25) is 5.25 Å². The molecule has 62 valence electrons. The Morgan fingerprint density at radius 3 is 2.30 bits per heavy atom. The van der Waals surface area contributed by atoms with Gasteiger partial charge in [-0.25, -0.2) is 0 Å². The van der Waals surface area contributed by atoms with Crippen LogP contribution in [-0.4, -0.2) is 34.0 Å². The number of methoxy groups -OCH3 is 2. The molecule has 0 saturated heterocycles. The van der Waals surface area contributed by atoms with Crippen LogP contribution in [0.2, 0.25) is 6.04 Å². The molecule has 3 nitrogen and oxygen atoms in total. The molecule has 0 heterocycles. The Labute approximate surface area is 68.2 Å². The number of rotatable bonds is 5. The Kier molecular flexibility index (Phi) is 5.29. The number of halogens is 1. The largest absolute Gasteiger partial charge is 0.438 e. The highest BCUT2D eigenvalue weighted by Gasteiger charge is 2.24. The van der Waals surface area contributed by atoms with Crippen LogP contribution < -0.4 is 0 Å². The lowest BCUT2D eigenvalue weighted by atomic mass is 10.4. The van der Waals surface area contributed by atoms with Gasteiger partial charge in [-0.15, -0.1) is 0 Å². The van der Waals surface area contributed by atoms with Crippen LogP contribution in [0, 0.1) is 0 Å². The van der Waals surface area contributed by atoms with Crippen LogP contribution in [0.25, 0.3) is 0 Å². The standard InChI is InChI=1S/C5H13ClO3Si/c1-8-5(6,9-2)3-4-10-7/h7H,3-4,10H2,1-2H3. The predicted molar refractivity (Wildman–Crippen MR) is 42.8 cm³/mol. The van der Waals surface area contributed by atoms with Crippen LogP contribution >= 0.6 is 11.6 Å². The van der Waals surface area contributed by atoms with E-state index in [1.54, 1.807) is 0 Å². The van der Waals surface area contributed by atoms with E-state index in [9.17, 15) is 0 Å². The summed E-state index contributed by atoms with van der Waals surface area (Å²) in [7, 11) is 2.03. The Bertz CT molecular complexity index is 87.0. The van der Waals surface area contributed by atoms with Crippen molar-refractivity contribution >= 4 is 21.4 Å². The molecule has 0 aromatic carbocycles. The van der Waals surface area contributed by atoms with E-state index in [0.717, 1.165) is 0 Å². The molecule has 0 saturated carbocycles. The lowest BCUT2D eigenvalue weighted by Crippen LogP contribution is -2.26. The first-order valence-corrected chi connectivity index (χ1v) is 5.09. The maximum Gasteiger partial charge on any atom is 0.247 e. The summed E-state index contributed by atoms with van der Waals surface area (Å²) in [5.41, 5.74) is 0. The SMILES string of the molecule is COC(Cl)(CC[SiH2]O)OC. The fourth-order valence-electron chi connectivity index (χ4n) is 0.578. The number of ether oxygens (including phenoxy) is 2. The molecule has 0 aromatic heterocycles. The molecule has 0 aliphatic carbocycles. The topological polar surface area (TPSA) is 38.7 Å². The molecule has 0 fully saturated rings. The van der Waals surface area contributed by atoms with Gasteiger partial charge in [0.1, 0.15) is 0 Å². The number of hydrogen-bond acceptors (Lipinski definition) is 3. The van der Waals surface area contributed by atoms with Crippen molar-refractivity contribution in [3.63, 3.8) is 0 Å². The van der Waals surface area contributed by atoms with Gasteiger partial charge in [0, 0.05) is 20.6 Å². The number of alkyl halides is 1. The normalized spacial score (nSPS) is 13.2. The van der Waals surface area contributed by atoms with Crippen molar-refractivity contribution in [3.05, 3.63) is 0 Å². The summed E-state index contributed by atoms with van der Waals surface area (Å²) < 4.78 is 9.69. The maximum atomic E-state index is 8.59. The quantitative estimate of drug-likeness (QED) is 0.373. The molecule has 10 heavy (non-hydrogen) atoms. The minimum atomic E-state index is -1.02. The van der Waals surface area contributed by atoms with Gasteiger partial charge in [-0.05, 0) is 6.04 Å². The van der Waals surface area contributed by atoms with E-state index >= 15 is 0 Å². The van der Waals surface area contributed by atoms with E-state index in [-0.39, 0.29) is 0 Å². The van der Waals surface area contributed by atoms with Crippen LogP contribution in [0.4, 0.5) is 0 Å². The van der Waals surface area contributed by atoms with Crippen molar-refractivity contribution in [2.45, 2.75) is 17.7 Å². The van der Waals surface area contributed by atoms with Gasteiger partial charge in [0.15, 0.2) is 9.76 Å². The fourth-order valence-corrected chi connectivity index (χ4v) is 1.56. The smallest absolute Gasteiger partial charge is 0.247 e. The monoisotopic (exact) mass is 184 g/mol. The van der Waals surface area contributed by atoms with Gasteiger partial charge in [-0.3, -0.25) is 0 Å². The van der Waals surface area contributed by atoms with Gasteiger partial charge >= 0.3 is 0 Å². The van der Waals surface area contributed by atoms with Gasteiger partial charge in [0.05, 0.1) is 0 Å². The summed E-state index contributed by atoms with van der Waals surface area (Å²) in [5, 5.41) is -1.02. The molecular formula is C5H13ClO3Si. The van der Waals surface area contributed by atoms with E-state index in [2.05, 4.69) is 0 Å². The molecule has 5 heteroatoms. The van der Waals surface area contributed by atoms with Crippen LogP contribution in [0.3, 0.4) is 0 Å². The second kappa shape index (κ2) is 5.09. The zero-order valence-corrected chi connectivity index (χ0v) is 8.43. The highest BCUT2D eigenvalue weighted by atomic mass is 35.5. The molecule has 0 aromatic rings. The summed E-state index contributed by atoms with van der Waals surface area (Å²) in [5.74, 6) is 0. The molecule has 0 atom stereocenters. The first-order valence-electron chi connectivity index (χ1n) is 3.08. The van der Waals surface area contributed by atoms with Crippen molar-refractivity contribution in [1.82, 2.24) is 0 Å². The zero-order valence-electron chi connectivity index (χ0n) is 6.26. The molecule has 0 aliphatic rings. The van der Waals surface area contributed by atoms with Crippen molar-refractivity contribution in [2.75, 3.05) is 14.2 Å².